The molecular weight excluding hydrogens is 446 g/mol. The van der Waals surface area contributed by atoms with Crippen molar-refractivity contribution in [2.24, 2.45) is 0 Å². The third-order valence-corrected chi connectivity index (χ3v) is 5.85. The Bertz CT molecular complexity index is 1240. The van der Waals surface area contributed by atoms with Crippen molar-refractivity contribution in [1.29, 1.82) is 0 Å². The number of ether oxygens (including phenoxy) is 2. The summed E-state index contributed by atoms with van der Waals surface area (Å²) >= 11 is 0. The van der Waals surface area contributed by atoms with E-state index in [1.807, 2.05) is 0 Å². The summed E-state index contributed by atoms with van der Waals surface area (Å²) < 4.78 is 38.4. The number of sulfonamides is 1. The van der Waals surface area contributed by atoms with Crippen molar-refractivity contribution >= 4 is 27.5 Å². The Labute approximate surface area is 191 Å². The maximum absolute atomic E-state index is 12.7. The summed E-state index contributed by atoms with van der Waals surface area (Å²) in [6, 6.07) is 18.4. The first-order valence-corrected chi connectivity index (χ1v) is 11.4. The van der Waals surface area contributed by atoms with Gasteiger partial charge in [0.1, 0.15) is 11.5 Å². The molecule has 0 radical (unpaired) electrons. The average molecular weight is 470 g/mol. The van der Waals surface area contributed by atoms with Gasteiger partial charge in [-0.25, -0.2) is 8.42 Å². The normalized spacial score (nSPS) is 10.7. The van der Waals surface area contributed by atoms with E-state index in [0.29, 0.717) is 23.8 Å². The fraction of sp³-hybridized carbons (Fsp3) is 0.130. The molecule has 0 atom stereocenters. The van der Waals surface area contributed by atoms with Gasteiger partial charge in [0.15, 0.2) is 0 Å². The molecule has 3 N–H and O–H groups in total. The predicted octanol–water partition coefficient (Wildman–Crippen LogP) is 2.97. The Morgan fingerprint density at radius 1 is 0.879 bits per heavy atom. The highest BCUT2D eigenvalue weighted by Gasteiger charge is 2.18. The lowest BCUT2D eigenvalue weighted by Gasteiger charge is -2.12. The molecule has 3 aromatic rings. The van der Waals surface area contributed by atoms with E-state index in [9.17, 15) is 18.0 Å². The molecule has 0 aromatic heterocycles. The number of anilines is 1. The second kappa shape index (κ2) is 10.5. The first-order chi connectivity index (χ1) is 15.8. The van der Waals surface area contributed by atoms with Gasteiger partial charge in [0.25, 0.3) is 21.8 Å². The van der Waals surface area contributed by atoms with Gasteiger partial charge in [-0.1, -0.05) is 18.2 Å². The Balaban J connectivity index is 1.69. The number of para-hydroxylation sites is 1. The summed E-state index contributed by atoms with van der Waals surface area (Å²) in [5, 5.41) is 0. The molecule has 0 saturated carbocycles. The molecule has 0 aliphatic carbocycles. The lowest BCUT2D eigenvalue weighted by atomic mass is 10.2. The molecule has 3 rings (SSSR count). The summed E-state index contributed by atoms with van der Waals surface area (Å²) in [5.74, 6) is -0.289. The molecule has 0 unspecified atom stereocenters. The quantitative estimate of drug-likeness (QED) is 0.436. The van der Waals surface area contributed by atoms with E-state index in [1.165, 1.54) is 31.4 Å². The fourth-order valence-corrected chi connectivity index (χ4v) is 3.97. The van der Waals surface area contributed by atoms with Gasteiger partial charge in [0.2, 0.25) is 0 Å². The van der Waals surface area contributed by atoms with Crippen LogP contribution in [-0.4, -0.2) is 33.9 Å². The SMILES string of the molecule is CCOc1ccccc1C(=O)NNC(=O)c1cccc(S(=O)(=O)Nc2ccc(OC)cc2)c1. The maximum atomic E-state index is 12.7. The van der Waals surface area contributed by atoms with Crippen LogP contribution in [0.1, 0.15) is 27.6 Å². The lowest BCUT2D eigenvalue weighted by molar-refractivity contribution is 0.0844. The smallest absolute Gasteiger partial charge is 0.273 e. The van der Waals surface area contributed by atoms with E-state index >= 15 is 0 Å². The third-order valence-electron chi connectivity index (χ3n) is 4.47. The standard InChI is InChI=1S/C23H23N3O6S/c1-3-32-21-10-5-4-9-20(21)23(28)25-24-22(27)16-7-6-8-19(15-16)33(29,30)26-17-11-13-18(31-2)14-12-17/h4-15,26H,3H2,1-2H3,(H,24,27)(H,25,28). The number of carbonyl (C=O) groups excluding carboxylic acids is 2. The summed E-state index contributed by atoms with van der Waals surface area (Å²) in [7, 11) is -2.44. The molecule has 10 heteroatoms. The van der Waals surface area contributed by atoms with Gasteiger partial charge < -0.3 is 9.47 Å². The van der Waals surface area contributed by atoms with Crippen LogP contribution in [0.15, 0.2) is 77.7 Å². The van der Waals surface area contributed by atoms with E-state index in [0.717, 1.165) is 0 Å². The lowest BCUT2D eigenvalue weighted by Crippen LogP contribution is -2.41. The molecule has 2 amide bonds. The number of carbonyl (C=O) groups is 2. The Kier molecular flexibility index (Phi) is 7.52. The van der Waals surface area contributed by atoms with Gasteiger partial charge in [-0.15, -0.1) is 0 Å². The van der Waals surface area contributed by atoms with Gasteiger partial charge in [-0.3, -0.25) is 25.2 Å². The van der Waals surface area contributed by atoms with Crippen molar-refractivity contribution in [3.8, 4) is 11.5 Å². The summed E-state index contributed by atoms with van der Waals surface area (Å²) in [6.45, 7) is 2.17. The highest BCUT2D eigenvalue weighted by Crippen LogP contribution is 2.20. The molecule has 0 fully saturated rings. The van der Waals surface area contributed by atoms with E-state index in [-0.39, 0.29) is 16.0 Å². The van der Waals surface area contributed by atoms with Crippen LogP contribution in [0, 0.1) is 0 Å². The van der Waals surface area contributed by atoms with E-state index < -0.39 is 21.8 Å². The van der Waals surface area contributed by atoms with E-state index in [1.54, 1.807) is 55.5 Å². The number of amides is 2. The summed E-state index contributed by atoms with van der Waals surface area (Å²) in [6.07, 6.45) is 0. The Morgan fingerprint density at radius 3 is 2.27 bits per heavy atom. The molecule has 0 aliphatic heterocycles. The van der Waals surface area contributed by atoms with Gasteiger partial charge in [-0.05, 0) is 61.5 Å². The monoisotopic (exact) mass is 469 g/mol. The van der Waals surface area contributed by atoms with Gasteiger partial charge in [0.05, 0.1) is 24.2 Å². The molecule has 0 saturated heterocycles. The van der Waals surface area contributed by atoms with Crippen LogP contribution in [0.25, 0.3) is 0 Å². The van der Waals surface area contributed by atoms with E-state index in [4.69, 9.17) is 9.47 Å². The topological polar surface area (TPSA) is 123 Å². The molecule has 9 nitrogen and oxygen atoms in total. The maximum Gasteiger partial charge on any atom is 0.273 e. The van der Waals surface area contributed by atoms with Gasteiger partial charge >= 0.3 is 0 Å². The highest BCUT2D eigenvalue weighted by atomic mass is 32.2. The van der Waals surface area contributed by atoms with Crippen LogP contribution in [0.2, 0.25) is 0 Å². The zero-order valence-electron chi connectivity index (χ0n) is 18.0. The fourth-order valence-electron chi connectivity index (χ4n) is 2.87. The van der Waals surface area contributed by atoms with Gasteiger partial charge in [0, 0.05) is 11.3 Å². The molecule has 0 aliphatic rings. The van der Waals surface area contributed by atoms with Gasteiger partial charge in [-0.2, -0.15) is 0 Å². The number of nitrogens with one attached hydrogen (secondary N) is 3. The zero-order valence-corrected chi connectivity index (χ0v) is 18.8. The number of rotatable bonds is 8. The Hall–Kier alpha value is -4.05. The minimum atomic E-state index is -3.95. The molecule has 3 aromatic carbocycles. The number of methoxy groups -OCH3 is 1. The van der Waals surface area contributed by atoms with Crippen molar-refractivity contribution < 1.29 is 27.5 Å². The molecule has 0 bridgehead atoms. The first-order valence-electron chi connectivity index (χ1n) is 9.93. The van der Waals surface area contributed by atoms with Crippen LogP contribution in [-0.2, 0) is 10.0 Å². The molecule has 0 heterocycles. The van der Waals surface area contributed by atoms with E-state index in [2.05, 4.69) is 15.6 Å². The number of hydrazine groups is 1. The average Bonchev–Trinajstić information content (AvgIpc) is 2.83. The van der Waals surface area contributed by atoms with Crippen LogP contribution in [0.3, 0.4) is 0 Å². The first kappa shape index (κ1) is 23.6. The highest BCUT2D eigenvalue weighted by molar-refractivity contribution is 7.92. The summed E-state index contributed by atoms with van der Waals surface area (Å²) in [5.41, 5.74) is 5.23. The van der Waals surface area contributed by atoms with Crippen LogP contribution in [0.4, 0.5) is 5.69 Å². The zero-order chi connectivity index (χ0) is 23.8. The minimum Gasteiger partial charge on any atom is -0.497 e. The third kappa shape index (κ3) is 6.01. The largest absolute Gasteiger partial charge is 0.497 e. The van der Waals surface area contributed by atoms with Crippen molar-refractivity contribution in [2.45, 2.75) is 11.8 Å². The van der Waals surface area contributed by atoms with Crippen molar-refractivity contribution in [1.82, 2.24) is 10.9 Å². The summed E-state index contributed by atoms with van der Waals surface area (Å²) in [4.78, 5) is 24.8. The van der Waals surface area contributed by atoms with Crippen molar-refractivity contribution in [3.05, 3.63) is 83.9 Å². The molecule has 0 spiro atoms. The molecular formula is C23H23N3O6S. The number of benzene rings is 3. The minimum absolute atomic E-state index is 0.0472. The molecule has 172 valence electrons. The predicted molar refractivity (Wildman–Crippen MR) is 123 cm³/mol. The second-order valence-electron chi connectivity index (χ2n) is 6.70. The van der Waals surface area contributed by atoms with Crippen LogP contribution >= 0.6 is 0 Å². The molecule has 33 heavy (non-hydrogen) atoms. The Morgan fingerprint density at radius 2 is 1.58 bits per heavy atom. The second-order valence-corrected chi connectivity index (χ2v) is 8.38. The van der Waals surface area contributed by atoms with Crippen LogP contribution < -0.4 is 25.0 Å². The van der Waals surface area contributed by atoms with Crippen molar-refractivity contribution in [2.75, 3.05) is 18.4 Å². The van der Waals surface area contributed by atoms with Crippen molar-refractivity contribution in [3.63, 3.8) is 0 Å². The van der Waals surface area contributed by atoms with Crippen LogP contribution in [0.5, 0.6) is 11.5 Å². The number of hydrogen-bond acceptors (Lipinski definition) is 6. The number of hydrogen-bond donors (Lipinski definition) is 3.